The molecule has 0 spiro atoms. The number of aromatic amines is 1. The number of aromatic nitrogens is 2. The van der Waals surface area contributed by atoms with Crippen LogP contribution in [-0.2, 0) is 11.2 Å². The standard InChI is InChI=1S/C14H24N4O/c1-11-12(17-10-16-11)9-13(19)15-6-8-18-7-4-5-14(18,2)3/h10H,4-9H2,1-3H3,(H,15,19)(H,16,17). The maximum absolute atomic E-state index is 11.8. The maximum Gasteiger partial charge on any atom is 0.226 e. The van der Waals surface area contributed by atoms with Crippen LogP contribution < -0.4 is 5.32 Å². The molecule has 0 radical (unpaired) electrons. The fraction of sp³-hybridized carbons (Fsp3) is 0.714. The van der Waals surface area contributed by atoms with Gasteiger partial charge in [-0.05, 0) is 40.2 Å². The summed E-state index contributed by atoms with van der Waals surface area (Å²) in [6.07, 6.45) is 4.49. The SMILES string of the molecule is Cc1[nH]cnc1CC(=O)NCCN1CCCC1(C)C. The van der Waals surface area contributed by atoms with Gasteiger partial charge in [-0.1, -0.05) is 0 Å². The summed E-state index contributed by atoms with van der Waals surface area (Å²) >= 11 is 0. The zero-order valence-electron chi connectivity index (χ0n) is 12.1. The minimum absolute atomic E-state index is 0.0483. The van der Waals surface area contributed by atoms with Crippen LogP contribution in [0.15, 0.2) is 6.33 Å². The second-order valence-electron chi connectivity index (χ2n) is 5.90. The lowest BCUT2D eigenvalue weighted by Crippen LogP contribution is -2.43. The number of carbonyl (C=O) groups is 1. The minimum Gasteiger partial charge on any atom is -0.354 e. The third-order valence-corrected chi connectivity index (χ3v) is 4.04. The molecule has 1 amide bonds. The van der Waals surface area contributed by atoms with E-state index >= 15 is 0 Å². The molecule has 0 bridgehead atoms. The van der Waals surface area contributed by atoms with Crippen molar-refractivity contribution in [2.24, 2.45) is 0 Å². The number of H-pyrrole nitrogens is 1. The Bertz CT molecular complexity index is 438. The van der Waals surface area contributed by atoms with Crippen LogP contribution in [0.1, 0.15) is 38.1 Å². The number of nitrogens with zero attached hydrogens (tertiary/aromatic N) is 2. The van der Waals surface area contributed by atoms with Gasteiger partial charge in [0, 0.05) is 24.3 Å². The van der Waals surface area contributed by atoms with Gasteiger partial charge in [0.15, 0.2) is 0 Å². The number of carbonyl (C=O) groups excluding carboxylic acids is 1. The van der Waals surface area contributed by atoms with Gasteiger partial charge in [0.25, 0.3) is 0 Å². The predicted octanol–water partition coefficient (Wildman–Crippen LogP) is 1.25. The van der Waals surface area contributed by atoms with E-state index in [1.165, 1.54) is 12.8 Å². The quantitative estimate of drug-likeness (QED) is 0.841. The van der Waals surface area contributed by atoms with E-state index < -0.39 is 0 Å². The van der Waals surface area contributed by atoms with Crippen LogP contribution >= 0.6 is 0 Å². The van der Waals surface area contributed by atoms with Crippen LogP contribution in [0.3, 0.4) is 0 Å². The number of likely N-dealkylation sites (tertiary alicyclic amines) is 1. The molecule has 106 valence electrons. The van der Waals surface area contributed by atoms with Crippen LogP contribution in [0.25, 0.3) is 0 Å². The van der Waals surface area contributed by atoms with Crippen LogP contribution in [-0.4, -0.2) is 45.9 Å². The van der Waals surface area contributed by atoms with E-state index in [1.54, 1.807) is 6.33 Å². The molecular formula is C14H24N4O. The fourth-order valence-electron chi connectivity index (χ4n) is 2.69. The lowest BCUT2D eigenvalue weighted by molar-refractivity contribution is -0.120. The molecule has 2 heterocycles. The third kappa shape index (κ3) is 3.56. The first-order valence-electron chi connectivity index (χ1n) is 6.99. The highest BCUT2D eigenvalue weighted by atomic mass is 16.1. The van der Waals surface area contributed by atoms with E-state index in [1.807, 2.05) is 6.92 Å². The Morgan fingerprint density at radius 3 is 2.95 bits per heavy atom. The van der Waals surface area contributed by atoms with Crippen molar-refractivity contribution in [3.05, 3.63) is 17.7 Å². The highest BCUT2D eigenvalue weighted by Gasteiger charge is 2.31. The van der Waals surface area contributed by atoms with Gasteiger partial charge < -0.3 is 10.3 Å². The number of aryl methyl sites for hydroxylation is 1. The van der Waals surface area contributed by atoms with Crippen molar-refractivity contribution >= 4 is 5.91 Å². The second kappa shape index (κ2) is 5.74. The summed E-state index contributed by atoms with van der Waals surface area (Å²) in [5.41, 5.74) is 2.08. The number of hydrogen-bond donors (Lipinski definition) is 2. The summed E-state index contributed by atoms with van der Waals surface area (Å²) in [5.74, 6) is 0.0483. The predicted molar refractivity (Wildman–Crippen MR) is 74.9 cm³/mol. The Morgan fingerprint density at radius 2 is 2.37 bits per heavy atom. The molecule has 19 heavy (non-hydrogen) atoms. The van der Waals surface area contributed by atoms with E-state index in [9.17, 15) is 4.79 Å². The minimum atomic E-state index is 0.0483. The van der Waals surface area contributed by atoms with Gasteiger partial charge in [0.1, 0.15) is 0 Å². The summed E-state index contributed by atoms with van der Waals surface area (Å²) in [6.45, 7) is 9.26. The molecule has 5 nitrogen and oxygen atoms in total. The van der Waals surface area contributed by atoms with Crippen molar-refractivity contribution in [1.82, 2.24) is 20.2 Å². The molecule has 2 rings (SSSR count). The number of nitrogens with one attached hydrogen (secondary N) is 2. The fourth-order valence-corrected chi connectivity index (χ4v) is 2.69. The average Bonchev–Trinajstić information content (AvgIpc) is 2.87. The molecule has 0 unspecified atom stereocenters. The molecule has 1 aromatic heterocycles. The van der Waals surface area contributed by atoms with Gasteiger partial charge in [-0.15, -0.1) is 0 Å². The molecule has 1 aliphatic rings. The molecule has 5 heteroatoms. The van der Waals surface area contributed by atoms with E-state index in [0.29, 0.717) is 13.0 Å². The Hall–Kier alpha value is -1.36. The normalized spacial score (nSPS) is 18.7. The van der Waals surface area contributed by atoms with Crippen molar-refractivity contribution in [3.8, 4) is 0 Å². The summed E-state index contributed by atoms with van der Waals surface area (Å²) in [7, 11) is 0. The number of hydrogen-bond acceptors (Lipinski definition) is 3. The molecule has 1 aromatic rings. The monoisotopic (exact) mass is 264 g/mol. The molecule has 0 aromatic carbocycles. The Balaban J connectivity index is 1.71. The zero-order valence-corrected chi connectivity index (χ0v) is 12.1. The molecular weight excluding hydrogens is 240 g/mol. The van der Waals surface area contributed by atoms with Crippen molar-refractivity contribution < 1.29 is 4.79 Å². The molecule has 0 aliphatic carbocycles. The smallest absolute Gasteiger partial charge is 0.226 e. The van der Waals surface area contributed by atoms with Crippen LogP contribution in [0.2, 0.25) is 0 Å². The number of amides is 1. The Morgan fingerprint density at radius 1 is 1.58 bits per heavy atom. The van der Waals surface area contributed by atoms with Gasteiger partial charge >= 0.3 is 0 Å². The third-order valence-electron chi connectivity index (χ3n) is 4.04. The lowest BCUT2D eigenvalue weighted by Gasteiger charge is -2.31. The second-order valence-corrected chi connectivity index (χ2v) is 5.90. The van der Waals surface area contributed by atoms with Crippen molar-refractivity contribution in [2.75, 3.05) is 19.6 Å². The highest BCUT2D eigenvalue weighted by molar-refractivity contribution is 5.78. The summed E-state index contributed by atoms with van der Waals surface area (Å²) in [4.78, 5) is 21.4. The molecule has 0 saturated carbocycles. The van der Waals surface area contributed by atoms with Gasteiger partial charge in [-0.3, -0.25) is 9.69 Å². The summed E-state index contributed by atoms with van der Waals surface area (Å²) < 4.78 is 0. The van der Waals surface area contributed by atoms with Crippen molar-refractivity contribution in [2.45, 2.75) is 45.6 Å². The van der Waals surface area contributed by atoms with E-state index in [0.717, 1.165) is 24.5 Å². The molecule has 0 atom stereocenters. The van der Waals surface area contributed by atoms with Crippen LogP contribution in [0.4, 0.5) is 0 Å². The first kappa shape index (κ1) is 14.1. The van der Waals surface area contributed by atoms with Gasteiger partial charge in [-0.25, -0.2) is 4.98 Å². The first-order chi connectivity index (χ1) is 8.99. The topological polar surface area (TPSA) is 61.0 Å². The number of imidazole rings is 1. The molecule has 1 fully saturated rings. The largest absolute Gasteiger partial charge is 0.354 e. The van der Waals surface area contributed by atoms with Gasteiger partial charge in [0.2, 0.25) is 5.91 Å². The summed E-state index contributed by atoms with van der Waals surface area (Å²) in [5, 5.41) is 2.98. The first-order valence-corrected chi connectivity index (χ1v) is 6.99. The molecule has 1 saturated heterocycles. The zero-order chi connectivity index (χ0) is 13.9. The lowest BCUT2D eigenvalue weighted by atomic mass is 10.0. The van der Waals surface area contributed by atoms with E-state index in [-0.39, 0.29) is 11.4 Å². The van der Waals surface area contributed by atoms with Gasteiger partial charge in [0.05, 0.1) is 18.4 Å². The Kier molecular flexibility index (Phi) is 4.24. The van der Waals surface area contributed by atoms with Crippen LogP contribution in [0.5, 0.6) is 0 Å². The average molecular weight is 264 g/mol. The Labute approximate surface area is 114 Å². The van der Waals surface area contributed by atoms with E-state index in [2.05, 4.69) is 34.0 Å². The number of rotatable bonds is 5. The van der Waals surface area contributed by atoms with Crippen LogP contribution in [0, 0.1) is 6.92 Å². The molecule has 2 N–H and O–H groups in total. The van der Waals surface area contributed by atoms with Gasteiger partial charge in [-0.2, -0.15) is 0 Å². The van der Waals surface area contributed by atoms with Crippen molar-refractivity contribution in [3.63, 3.8) is 0 Å². The molecule has 1 aliphatic heterocycles. The maximum atomic E-state index is 11.8. The highest BCUT2D eigenvalue weighted by Crippen LogP contribution is 2.27. The van der Waals surface area contributed by atoms with E-state index in [4.69, 9.17) is 0 Å². The summed E-state index contributed by atoms with van der Waals surface area (Å²) in [6, 6.07) is 0. The van der Waals surface area contributed by atoms with Crippen molar-refractivity contribution in [1.29, 1.82) is 0 Å².